The van der Waals surface area contributed by atoms with Crippen LogP contribution in [0.1, 0.15) is 34.2 Å². The van der Waals surface area contributed by atoms with E-state index < -0.39 is 0 Å². The van der Waals surface area contributed by atoms with Gasteiger partial charge in [0.2, 0.25) is 0 Å². The van der Waals surface area contributed by atoms with Crippen LogP contribution in [0.2, 0.25) is 0 Å². The molecule has 31 heavy (non-hydrogen) atoms. The van der Waals surface area contributed by atoms with Crippen molar-refractivity contribution in [3.05, 3.63) is 106 Å². The monoisotopic (exact) mass is 491 g/mol. The van der Waals surface area contributed by atoms with Gasteiger partial charge < -0.3 is 0 Å². The lowest BCUT2D eigenvalue weighted by Crippen LogP contribution is -2.15. The molecule has 0 fully saturated rings. The molecule has 0 N–H and O–H groups in total. The Kier molecular flexibility index (Phi) is 6.68. The van der Waals surface area contributed by atoms with Crippen molar-refractivity contribution < 1.29 is 4.79 Å². The summed E-state index contributed by atoms with van der Waals surface area (Å²) in [5, 5.41) is 9.38. The topological polar surface area (TPSA) is 47.8 Å². The minimum absolute atomic E-state index is 0.0703. The van der Waals surface area contributed by atoms with E-state index in [4.69, 9.17) is 0 Å². The Balaban J connectivity index is 1.66. The summed E-state index contributed by atoms with van der Waals surface area (Å²) in [5.74, 6) is 0.920. The number of halogens is 1. The predicted octanol–water partition coefficient (Wildman–Crippen LogP) is 6.29. The fourth-order valence-corrected chi connectivity index (χ4v) is 4.58. The highest BCUT2D eigenvalue weighted by molar-refractivity contribution is 9.10. The molecule has 0 spiro atoms. The summed E-state index contributed by atoms with van der Waals surface area (Å²) < 4.78 is 3.02. The van der Waals surface area contributed by atoms with E-state index in [-0.39, 0.29) is 11.0 Å². The maximum absolute atomic E-state index is 13.0. The molecule has 0 saturated carbocycles. The average Bonchev–Trinajstić information content (AvgIpc) is 3.16. The van der Waals surface area contributed by atoms with Crippen LogP contribution < -0.4 is 0 Å². The van der Waals surface area contributed by atoms with Gasteiger partial charge in [0.05, 0.1) is 5.25 Å². The van der Waals surface area contributed by atoms with Crippen molar-refractivity contribution in [3.8, 4) is 5.69 Å². The summed E-state index contributed by atoms with van der Waals surface area (Å²) in [7, 11) is 0. The molecule has 4 aromatic rings. The van der Waals surface area contributed by atoms with Crippen molar-refractivity contribution in [2.75, 3.05) is 0 Å². The lowest BCUT2D eigenvalue weighted by molar-refractivity contribution is 0.0994. The number of rotatable bonds is 7. The number of ketones is 1. The molecule has 4 rings (SSSR count). The number of Topliss-reactive ketones (excluding diaryl/α,β-unsaturated/α-hetero) is 1. The molecule has 1 heterocycles. The third-order valence-electron chi connectivity index (χ3n) is 4.95. The van der Waals surface area contributed by atoms with Gasteiger partial charge >= 0.3 is 0 Å². The van der Waals surface area contributed by atoms with Gasteiger partial charge in [-0.1, -0.05) is 82.3 Å². The first-order valence-corrected chi connectivity index (χ1v) is 11.7. The van der Waals surface area contributed by atoms with Gasteiger partial charge in [0.15, 0.2) is 10.9 Å². The van der Waals surface area contributed by atoms with E-state index in [1.54, 1.807) is 0 Å². The minimum Gasteiger partial charge on any atom is -0.293 e. The number of carbonyl (C=O) groups excluding carboxylic acids is 1. The molecule has 0 unspecified atom stereocenters. The van der Waals surface area contributed by atoms with Crippen molar-refractivity contribution >= 4 is 33.5 Å². The number of carbonyl (C=O) groups is 1. The van der Waals surface area contributed by atoms with Crippen LogP contribution >= 0.6 is 27.7 Å². The summed E-state index contributed by atoms with van der Waals surface area (Å²) >= 11 is 4.86. The quantitative estimate of drug-likeness (QED) is 0.225. The standard InChI is InChI=1S/C25H22BrN3OS/c1-17-7-6-10-22(15-17)29-23(16-19-8-4-3-5-9-19)27-28-25(29)31-18(2)24(30)20-11-13-21(26)14-12-20/h3-15,18H,16H2,1-2H3/t18-/m0/s1. The van der Waals surface area contributed by atoms with Crippen LogP contribution in [-0.4, -0.2) is 25.8 Å². The summed E-state index contributed by atoms with van der Waals surface area (Å²) in [4.78, 5) is 13.0. The molecular formula is C25H22BrN3OS. The van der Waals surface area contributed by atoms with E-state index in [2.05, 4.69) is 67.9 Å². The largest absolute Gasteiger partial charge is 0.293 e. The van der Waals surface area contributed by atoms with Gasteiger partial charge in [0.1, 0.15) is 5.82 Å². The molecule has 156 valence electrons. The van der Waals surface area contributed by atoms with E-state index >= 15 is 0 Å². The van der Waals surface area contributed by atoms with Crippen LogP contribution in [-0.2, 0) is 6.42 Å². The van der Waals surface area contributed by atoms with Gasteiger partial charge in [0, 0.05) is 22.1 Å². The number of thioether (sulfide) groups is 1. The van der Waals surface area contributed by atoms with Crippen molar-refractivity contribution in [1.29, 1.82) is 0 Å². The molecule has 1 atom stereocenters. The fraction of sp³-hybridized carbons (Fsp3) is 0.160. The smallest absolute Gasteiger partial charge is 0.196 e. The summed E-state index contributed by atoms with van der Waals surface area (Å²) in [5.41, 5.74) is 4.02. The van der Waals surface area contributed by atoms with Gasteiger partial charge in [-0.2, -0.15) is 0 Å². The number of hydrogen-bond donors (Lipinski definition) is 0. The second-order valence-corrected chi connectivity index (χ2v) is 9.59. The zero-order valence-corrected chi connectivity index (χ0v) is 19.7. The third-order valence-corrected chi connectivity index (χ3v) is 6.52. The van der Waals surface area contributed by atoms with E-state index in [0.717, 1.165) is 26.7 Å². The van der Waals surface area contributed by atoms with Crippen molar-refractivity contribution in [2.24, 2.45) is 0 Å². The van der Waals surface area contributed by atoms with Gasteiger partial charge in [-0.05, 0) is 49.2 Å². The highest BCUT2D eigenvalue weighted by Crippen LogP contribution is 2.29. The van der Waals surface area contributed by atoms with Gasteiger partial charge in [0.25, 0.3) is 0 Å². The molecular weight excluding hydrogens is 470 g/mol. The Hall–Kier alpha value is -2.70. The second kappa shape index (κ2) is 9.62. The second-order valence-electron chi connectivity index (χ2n) is 7.37. The van der Waals surface area contributed by atoms with Crippen LogP contribution in [0.5, 0.6) is 0 Å². The normalized spacial score (nSPS) is 12.0. The Bertz CT molecular complexity index is 1190. The van der Waals surface area contributed by atoms with E-state index in [9.17, 15) is 4.79 Å². The Labute approximate surface area is 194 Å². The van der Waals surface area contributed by atoms with Crippen LogP contribution in [0.25, 0.3) is 5.69 Å². The lowest BCUT2D eigenvalue weighted by atomic mass is 10.1. The first-order chi connectivity index (χ1) is 15.0. The molecule has 6 heteroatoms. The summed E-state index contributed by atoms with van der Waals surface area (Å²) in [6.45, 7) is 3.98. The summed E-state index contributed by atoms with van der Waals surface area (Å²) in [6.07, 6.45) is 0.664. The van der Waals surface area contributed by atoms with Gasteiger partial charge in [-0.25, -0.2) is 0 Å². The Morgan fingerprint density at radius 2 is 1.74 bits per heavy atom. The molecule has 0 amide bonds. The number of benzene rings is 3. The molecule has 0 aliphatic carbocycles. The van der Waals surface area contributed by atoms with Crippen LogP contribution in [0.3, 0.4) is 0 Å². The number of aryl methyl sites for hydroxylation is 1. The molecule has 0 saturated heterocycles. The SMILES string of the molecule is Cc1cccc(-n2c(Cc3ccccc3)nnc2S[C@@H](C)C(=O)c2ccc(Br)cc2)c1. The maximum Gasteiger partial charge on any atom is 0.196 e. The Morgan fingerprint density at radius 3 is 2.45 bits per heavy atom. The van der Waals surface area contributed by atoms with Crippen LogP contribution in [0.4, 0.5) is 0 Å². The van der Waals surface area contributed by atoms with E-state index in [1.165, 1.54) is 17.3 Å². The minimum atomic E-state index is -0.293. The molecule has 0 radical (unpaired) electrons. The fourth-order valence-electron chi connectivity index (χ4n) is 3.36. The van der Waals surface area contributed by atoms with Gasteiger partial charge in [-0.3, -0.25) is 9.36 Å². The Morgan fingerprint density at radius 1 is 1.00 bits per heavy atom. The molecule has 1 aromatic heterocycles. The third kappa shape index (κ3) is 5.14. The molecule has 0 aliphatic heterocycles. The zero-order valence-electron chi connectivity index (χ0n) is 17.3. The van der Waals surface area contributed by atoms with E-state index in [0.29, 0.717) is 12.0 Å². The first kappa shape index (κ1) is 21.5. The number of nitrogens with zero attached hydrogens (tertiary/aromatic N) is 3. The van der Waals surface area contributed by atoms with Crippen molar-refractivity contribution in [3.63, 3.8) is 0 Å². The lowest BCUT2D eigenvalue weighted by Gasteiger charge is -2.14. The average molecular weight is 492 g/mol. The van der Waals surface area contributed by atoms with Gasteiger partial charge in [-0.15, -0.1) is 10.2 Å². The maximum atomic E-state index is 13.0. The zero-order chi connectivity index (χ0) is 21.8. The predicted molar refractivity (Wildman–Crippen MR) is 129 cm³/mol. The van der Waals surface area contributed by atoms with Crippen LogP contribution in [0, 0.1) is 6.92 Å². The highest BCUT2D eigenvalue weighted by Gasteiger charge is 2.22. The molecule has 4 nitrogen and oxygen atoms in total. The van der Waals surface area contributed by atoms with Crippen LogP contribution in [0.15, 0.2) is 88.5 Å². The molecule has 3 aromatic carbocycles. The first-order valence-electron chi connectivity index (χ1n) is 10.0. The number of hydrogen-bond acceptors (Lipinski definition) is 4. The van der Waals surface area contributed by atoms with Crippen molar-refractivity contribution in [1.82, 2.24) is 14.8 Å². The summed E-state index contributed by atoms with van der Waals surface area (Å²) in [6, 6.07) is 25.9. The molecule has 0 bridgehead atoms. The van der Waals surface area contributed by atoms with E-state index in [1.807, 2.05) is 55.5 Å². The van der Waals surface area contributed by atoms with Crippen molar-refractivity contribution in [2.45, 2.75) is 30.7 Å². The molecule has 0 aliphatic rings. The number of aromatic nitrogens is 3. The highest BCUT2D eigenvalue weighted by atomic mass is 79.9.